The standard InChI is InChI=1S/C12H15BrN4O5/c1-3-22-11(18)12(2,7-16-19)6-15-9-4-8(13)5-14-10(9)17(20)21/h4-5,7,15,19H,3,6H2,1-2H3/b16-7+. The Morgan fingerprint density at radius 2 is 2.41 bits per heavy atom. The number of anilines is 1. The van der Waals surface area contributed by atoms with Gasteiger partial charge in [0, 0.05) is 6.54 Å². The first-order valence-electron chi connectivity index (χ1n) is 6.23. The Kier molecular flexibility index (Phi) is 6.23. The largest absolute Gasteiger partial charge is 0.465 e. The second-order valence-corrected chi connectivity index (χ2v) is 5.43. The van der Waals surface area contributed by atoms with E-state index in [1.165, 1.54) is 19.2 Å². The molecular formula is C12H15BrN4O5. The first-order valence-corrected chi connectivity index (χ1v) is 7.03. The molecule has 0 amide bonds. The zero-order valence-corrected chi connectivity index (χ0v) is 13.5. The number of halogens is 1. The molecule has 0 radical (unpaired) electrons. The molecule has 1 aromatic rings. The lowest BCUT2D eigenvalue weighted by molar-refractivity contribution is -0.388. The lowest BCUT2D eigenvalue weighted by Crippen LogP contribution is -2.38. The van der Waals surface area contributed by atoms with Crippen molar-refractivity contribution in [3.05, 3.63) is 26.9 Å². The van der Waals surface area contributed by atoms with Crippen molar-refractivity contribution in [3.63, 3.8) is 0 Å². The summed E-state index contributed by atoms with van der Waals surface area (Å²) >= 11 is 3.17. The van der Waals surface area contributed by atoms with E-state index >= 15 is 0 Å². The molecule has 10 heteroatoms. The smallest absolute Gasteiger partial charge is 0.386 e. The van der Waals surface area contributed by atoms with E-state index in [1.807, 2.05) is 0 Å². The Labute approximate surface area is 134 Å². The van der Waals surface area contributed by atoms with Crippen LogP contribution in [0.15, 0.2) is 21.9 Å². The van der Waals surface area contributed by atoms with Crippen molar-refractivity contribution >= 4 is 39.6 Å². The minimum Gasteiger partial charge on any atom is -0.465 e. The molecule has 1 heterocycles. The molecule has 1 atom stereocenters. The van der Waals surface area contributed by atoms with Crippen LogP contribution in [0.3, 0.4) is 0 Å². The van der Waals surface area contributed by atoms with Gasteiger partial charge >= 0.3 is 11.8 Å². The molecule has 0 aromatic carbocycles. The molecule has 9 nitrogen and oxygen atoms in total. The average Bonchev–Trinajstić information content (AvgIpc) is 2.45. The maximum atomic E-state index is 11.9. The zero-order valence-electron chi connectivity index (χ0n) is 11.9. The molecule has 1 aromatic heterocycles. The zero-order chi connectivity index (χ0) is 16.8. The molecule has 0 aliphatic heterocycles. The average molecular weight is 375 g/mol. The van der Waals surface area contributed by atoms with Crippen LogP contribution in [0, 0.1) is 15.5 Å². The van der Waals surface area contributed by atoms with Gasteiger partial charge in [-0.05, 0) is 45.8 Å². The van der Waals surface area contributed by atoms with Gasteiger partial charge in [-0.3, -0.25) is 4.79 Å². The SMILES string of the molecule is CCOC(=O)C(C)(/C=N/O)CNc1cc(Br)cnc1[N+](=O)[O-]. The number of nitrogens with one attached hydrogen (secondary N) is 1. The van der Waals surface area contributed by atoms with Crippen molar-refractivity contribution in [2.24, 2.45) is 10.6 Å². The number of aromatic nitrogens is 1. The summed E-state index contributed by atoms with van der Waals surface area (Å²) in [5.74, 6) is -0.999. The van der Waals surface area contributed by atoms with E-state index in [2.05, 4.69) is 31.4 Å². The third kappa shape index (κ3) is 4.38. The molecule has 1 unspecified atom stereocenters. The molecule has 0 aliphatic carbocycles. The first kappa shape index (κ1) is 17.8. The van der Waals surface area contributed by atoms with Crippen LogP contribution < -0.4 is 5.32 Å². The van der Waals surface area contributed by atoms with Crippen molar-refractivity contribution in [2.45, 2.75) is 13.8 Å². The third-order valence-corrected chi connectivity index (χ3v) is 3.17. The summed E-state index contributed by atoms with van der Waals surface area (Å²) in [5.41, 5.74) is -1.16. The molecular weight excluding hydrogens is 360 g/mol. The van der Waals surface area contributed by atoms with Crippen molar-refractivity contribution < 1.29 is 19.7 Å². The van der Waals surface area contributed by atoms with Crippen molar-refractivity contribution in [1.29, 1.82) is 0 Å². The molecule has 0 saturated heterocycles. The predicted molar refractivity (Wildman–Crippen MR) is 82.1 cm³/mol. The molecule has 1 rings (SSSR count). The van der Waals surface area contributed by atoms with Crippen molar-refractivity contribution in [1.82, 2.24) is 4.98 Å². The molecule has 0 aliphatic rings. The summed E-state index contributed by atoms with van der Waals surface area (Å²) < 4.78 is 5.45. The number of nitrogens with zero attached hydrogens (tertiary/aromatic N) is 3. The van der Waals surface area contributed by atoms with Gasteiger partial charge in [0.25, 0.3) is 0 Å². The minimum absolute atomic E-state index is 0.0745. The van der Waals surface area contributed by atoms with Crippen LogP contribution in [-0.4, -0.2) is 40.5 Å². The summed E-state index contributed by atoms with van der Waals surface area (Å²) in [7, 11) is 0. The Hall–Kier alpha value is -2.23. The predicted octanol–water partition coefficient (Wildman–Crippen LogP) is 2.19. The van der Waals surface area contributed by atoms with E-state index in [9.17, 15) is 14.9 Å². The number of pyridine rings is 1. The van der Waals surface area contributed by atoms with Crippen molar-refractivity contribution in [3.8, 4) is 0 Å². The fourth-order valence-electron chi connectivity index (χ4n) is 1.58. The van der Waals surface area contributed by atoms with Crippen LogP contribution in [0.1, 0.15) is 13.8 Å². The molecule has 0 fully saturated rings. The molecule has 2 N–H and O–H groups in total. The fraction of sp³-hybridized carbons (Fsp3) is 0.417. The molecule has 22 heavy (non-hydrogen) atoms. The fourth-order valence-corrected chi connectivity index (χ4v) is 1.91. The number of hydrogen-bond donors (Lipinski definition) is 2. The van der Waals surface area contributed by atoms with E-state index in [-0.39, 0.29) is 24.7 Å². The summed E-state index contributed by atoms with van der Waals surface area (Å²) in [6.45, 7) is 3.21. The number of ether oxygens (including phenoxy) is 1. The van der Waals surface area contributed by atoms with E-state index in [0.29, 0.717) is 4.47 Å². The van der Waals surface area contributed by atoms with Gasteiger partial charge in [-0.2, -0.15) is 0 Å². The summed E-state index contributed by atoms with van der Waals surface area (Å²) in [5, 5.41) is 25.3. The highest BCUT2D eigenvalue weighted by Crippen LogP contribution is 2.27. The first-order chi connectivity index (χ1) is 10.3. The summed E-state index contributed by atoms with van der Waals surface area (Å²) in [6.07, 6.45) is 2.30. The van der Waals surface area contributed by atoms with Gasteiger partial charge < -0.3 is 25.4 Å². The topological polar surface area (TPSA) is 127 Å². The highest BCUT2D eigenvalue weighted by molar-refractivity contribution is 9.10. The highest BCUT2D eigenvalue weighted by atomic mass is 79.9. The van der Waals surface area contributed by atoms with Gasteiger partial charge in [0.2, 0.25) is 0 Å². The number of oxime groups is 1. The van der Waals surface area contributed by atoms with Crippen LogP contribution in [0.2, 0.25) is 0 Å². The van der Waals surface area contributed by atoms with Gasteiger partial charge in [0.1, 0.15) is 11.1 Å². The Balaban J connectivity index is 3.01. The number of esters is 1. The maximum Gasteiger partial charge on any atom is 0.386 e. The van der Waals surface area contributed by atoms with Gasteiger partial charge in [0.05, 0.1) is 17.3 Å². The van der Waals surface area contributed by atoms with Crippen molar-refractivity contribution in [2.75, 3.05) is 18.5 Å². The van der Waals surface area contributed by atoms with Gasteiger partial charge in [-0.15, -0.1) is 5.16 Å². The summed E-state index contributed by atoms with van der Waals surface area (Å²) in [4.78, 5) is 25.9. The highest BCUT2D eigenvalue weighted by Gasteiger charge is 2.34. The van der Waals surface area contributed by atoms with Gasteiger partial charge in [-0.1, -0.05) is 0 Å². The molecule has 0 spiro atoms. The number of hydrogen-bond acceptors (Lipinski definition) is 8. The van der Waals surface area contributed by atoms with Crippen LogP contribution >= 0.6 is 15.9 Å². The third-order valence-electron chi connectivity index (χ3n) is 2.74. The molecule has 120 valence electrons. The van der Waals surface area contributed by atoms with E-state index in [4.69, 9.17) is 9.94 Å². The monoisotopic (exact) mass is 374 g/mol. The van der Waals surface area contributed by atoms with E-state index in [0.717, 1.165) is 6.21 Å². The van der Waals surface area contributed by atoms with Gasteiger partial charge in [0.15, 0.2) is 6.20 Å². The van der Waals surface area contributed by atoms with E-state index in [1.54, 1.807) is 6.92 Å². The van der Waals surface area contributed by atoms with Crippen LogP contribution in [0.4, 0.5) is 11.5 Å². The lowest BCUT2D eigenvalue weighted by Gasteiger charge is -2.22. The number of carbonyl (C=O) groups excluding carboxylic acids is 1. The number of rotatable bonds is 7. The van der Waals surface area contributed by atoms with Crippen LogP contribution in [0.5, 0.6) is 0 Å². The Morgan fingerprint density at radius 1 is 1.73 bits per heavy atom. The lowest BCUT2D eigenvalue weighted by atomic mass is 9.92. The van der Waals surface area contributed by atoms with Crippen LogP contribution in [-0.2, 0) is 9.53 Å². The molecule has 0 bridgehead atoms. The maximum absolute atomic E-state index is 11.9. The summed E-state index contributed by atoms with van der Waals surface area (Å²) in [6, 6.07) is 1.47. The van der Waals surface area contributed by atoms with Gasteiger partial charge in [-0.25, -0.2) is 0 Å². The Bertz CT molecular complexity index is 595. The molecule has 0 saturated carbocycles. The second kappa shape index (κ2) is 7.69. The second-order valence-electron chi connectivity index (χ2n) is 4.52. The van der Waals surface area contributed by atoms with E-state index < -0.39 is 16.3 Å². The number of carbonyl (C=O) groups is 1. The van der Waals surface area contributed by atoms with Crippen LogP contribution in [0.25, 0.3) is 0 Å². The Morgan fingerprint density at radius 3 is 2.95 bits per heavy atom. The minimum atomic E-state index is -1.29. The normalized spacial score (nSPS) is 13.6. The number of nitro groups is 1. The quantitative estimate of drug-likeness (QED) is 0.246.